The van der Waals surface area contributed by atoms with Crippen LogP contribution in [-0.2, 0) is 27.4 Å². The maximum atomic E-state index is 8.88. The zero-order valence-electron chi connectivity index (χ0n) is 15.6. The molecule has 0 rings (SSSR count). The summed E-state index contributed by atoms with van der Waals surface area (Å²) in [5.74, 6) is 0. The lowest BCUT2D eigenvalue weighted by Crippen LogP contribution is -1.66. The Labute approximate surface area is 191 Å². The van der Waals surface area contributed by atoms with Crippen molar-refractivity contribution >= 4 is 46.9 Å². The molecule has 0 aromatic carbocycles. The van der Waals surface area contributed by atoms with E-state index in [4.69, 9.17) is 115 Å². The first-order valence-corrected chi connectivity index (χ1v) is 14.1. The molecule has 0 aromatic rings. The summed E-state index contributed by atoms with van der Waals surface area (Å²) < 4.78 is 53.3. The Balaban J connectivity index is -0.0000000186. The largest absolute Gasteiger partial charge is 0.466 e. The van der Waals surface area contributed by atoms with Gasteiger partial charge in [0.2, 0.25) is 0 Å². The molecule has 18 N–H and O–H groups in total. The van der Waals surface area contributed by atoms with Gasteiger partial charge >= 0.3 is 46.9 Å². The minimum absolute atomic E-state index is 0. The Morgan fingerprint density at radius 3 is 0.194 bits per heavy atom. The van der Waals surface area contributed by atoms with Crippen molar-refractivity contribution in [2.24, 2.45) is 0 Å². The third kappa shape index (κ3) is 657000. The van der Waals surface area contributed by atoms with E-state index in [0.29, 0.717) is 0 Å². The van der Waals surface area contributed by atoms with Gasteiger partial charge in [-0.05, 0) is 0 Å². The summed E-state index contributed by atoms with van der Waals surface area (Å²) in [7, 11) is -27.8. The van der Waals surface area contributed by atoms with Crippen LogP contribution in [0.15, 0.2) is 0 Å². The Morgan fingerprint density at radius 1 is 0.194 bits per heavy atom. The molecule has 240 valence electrons. The van der Waals surface area contributed by atoms with Crippen LogP contribution < -0.4 is 0 Å². The van der Waals surface area contributed by atoms with Crippen LogP contribution in [0.2, 0.25) is 0 Å². The lowest BCUT2D eigenvalue weighted by molar-refractivity contribution is 0.272. The van der Waals surface area contributed by atoms with Crippen LogP contribution in [0, 0.1) is 0 Å². The predicted octanol–water partition coefficient (Wildman–Crippen LogP) is -4.66. The third-order valence-electron chi connectivity index (χ3n) is 0. The number of rotatable bonds is 0. The van der Waals surface area contributed by atoms with Gasteiger partial charge in [-0.2, -0.15) is 0 Å². The van der Waals surface area contributed by atoms with Crippen molar-refractivity contribution in [2.45, 2.75) is 0 Å². The third-order valence-corrected chi connectivity index (χ3v) is 0. The van der Waals surface area contributed by atoms with Gasteiger partial charge in [-0.15, -0.1) is 0 Å². The highest BCUT2D eigenvalue weighted by Crippen LogP contribution is 2.27. The zero-order valence-corrected chi connectivity index (χ0v) is 21.0. The van der Waals surface area contributed by atoms with Gasteiger partial charge in [-0.3, -0.25) is 28.2 Å². The maximum Gasteiger partial charge on any atom is 0.466 e. The molecule has 0 atom stereocenters. The maximum absolute atomic E-state index is 8.88. The van der Waals surface area contributed by atoms with Gasteiger partial charge in [0, 0.05) is 0 Å². The van der Waals surface area contributed by atoms with Crippen LogP contribution >= 0.6 is 46.9 Å². The first-order chi connectivity index (χ1) is 12.0. The van der Waals surface area contributed by atoms with Gasteiger partial charge in [0.15, 0.2) is 0 Å². The second-order valence-electron chi connectivity index (χ2n) is 3.08. The van der Waals surface area contributed by atoms with Gasteiger partial charge in [0.25, 0.3) is 0 Å². The van der Waals surface area contributed by atoms with Crippen molar-refractivity contribution in [1.82, 2.24) is 0 Å². The molecule has 36 heavy (non-hydrogen) atoms. The standard InChI is InChI=1S/6FH.6H3O4P/c;;;;;;6*1-5(2,3)4/h6*1H;6*(H3,1,2,3,4). The lowest BCUT2D eigenvalue weighted by Gasteiger charge is -1.82. The van der Waals surface area contributed by atoms with Crippen molar-refractivity contribution in [1.29, 1.82) is 0 Å². The molecule has 24 nitrogen and oxygen atoms in total. The number of phosphoric acid groups is 6. The Kier molecular flexibility index (Phi) is 66.9. The molecule has 0 unspecified atom stereocenters. The first-order valence-electron chi connectivity index (χ1n) is 4.70. The van der Waals surface area contributed by atoms with Crippen LogP contribution in [0.5, 0.6) is 0 Å². The topological polar surface area (TPSA) is 467 Å². The normalized spacial score (nSPS) is 9.83. The highest BCUT2D eigenvalue weighted by Gasteiger charge is 2.02. The average molecular weight is 708 g/mol. The van der Waals surface area contributed by atoms with Gasteiger partial charge in [-0.25, -0.2) is 27.4 Å². The molecule has 0 bridgehead atoms. The summed E-state index contributed by atoms with van der Waals surface area (Å²) in [4.78, 5) is 129. The summed E-state index contributed by atoms with van der Waals surface area (Å²) in [6.45, 7) is 0. The van der Waals surface area contributed by atoms with Crippen LogP contribution in [0.4, 0.5) is 28.2 Å². The summed E-state index contributed by atoms with van der Waals surface area (Å²) in [6, 6.07) is 0. The van der Waals surface area contributed by atoms with E-state index in [1.165, 1.54) is 0 Å². The molecule has 0 radical (unpaired) electrons. The van der Waals surface area contributed by atoms with E-state index < -0.39 is 46.9 Å². The van der Waals surface area contributed by atoms with E-state index in [1.807, 2.05) is 0 Å². The molecule has 0 aromatic heterocycles. The average Bonchev–Trinajstić information content (AvgIpc) is 1.94. The zero-order chi connectivity index (χ0) is 27.0. The summed E-state index contributed by atoms with van der Waals surface area (Å²) in [6.07, 6.45) is 0. The summed E-state index contributed by atoms with van der Waals surface area (Å²) in [5.41, 5.74) is 0. The Morgan fingerprint density at radius 2 is 0.194 bits per heavy atom. The fourth-order valence-corrected chi connectivity index (χ4v) is 0. The minimum Gasteiger partial charge on any atom is -0.303 e. The molecular weight excluding hydrogens is 684 g/mol. The Bertz CT molecular complexity index is 477. The molecule has 0 aliphatic rings. The van der Waals surface area contributed by atoms with Gasteiger partial charge in [-0.1, -0.05) is 0 Å². The first kappa shape index (κ1) is 76.6. The van der Waals surface area contributed by atoms with E-state index >= 15 is 0 Å². The molecule has 0 saturated heterocycles. The Hall–Kier alpha value is 0.240. The molecular formula is H24F6O24P6. The van der Waals surface area contributed by atoms with Crippen LogP contribution in [0.25, 0.3) is 0 Å². The molecule has 36 heteroatoms. The number of halogens is 6. The van der Waals surface area contributed by atoms with Gasteiger partial charge in [0.1, 0.15) is 0 Å². The van der Waals surface area contributed by atoms with Crippen molar-refractivity contribution in [3.63, 3.8) is 0 Å². The molecule has 0 saturated carbocycles. The van der Waals surface area contributed by atoms with E-state index in [-0.39, 0.29) is 28.2 Å². The highest BCUT2D eigenvalue weighted by molar-refractivity contribution is 7.46. The number of hydrogen-bond donors (Lipinski definition) is 18. The van der Waals surface area contributed by atoms with Crippen molar-refractivity contribution < 1.29 is 144 Å². The van der Waals surface area contributed by atoms with E-state index in [2.05, 4.69) is 0 Å². The minimum atomic E-state index is -4.64. The highest BCUT2D eigenvalue weighted by atomic mass is 31.2. The molecule has 0 aliphatic carbocycles. The van der Waals surface area contributed by atoms with Gasteiger partial charge < -0.3 is 88.1 Å². The number of hydrogen-bond acceptors (Lipinski definition) is 6. The van der Waals surface area contributed by atoms with E-state index in [0.717, 1.165) is 0 Å². The second-order valence-corrected chi connectivity index (χ2v) is 9.24. The molecule has 0 fully saturated rings. The summed E-state index contributed by atoms with van der Waals surface area (Å²) >= 11 is 0. The van der Waals surface area contributed by atoms with Gasteiger partial charge in [0.05, 0.1) is 0 Å². The fourth-order valence-electron chi connectivity index (χ4n) is 0. The van der Waals surface area contributed by atoms with Crippen molar-refractivity contribution in [3.05, 3.63) is 0 Å². The molecule has 0 amide bonds. The van der Waals surface area contributed by atoms with E-state index in [1.54, 1.807) is 0 Å². The predicted molar refractivity (Wildman–Crippen MR) is 101 cm³/mol. The smallest absolute Gasteiger partial charge is 0.303 e. The molecule has 0 aliphatic heterocycles. The SMILES string of the molecule is F.F.F.F.F.F.O=P(O)(O)O.O=P(O)(O)O.O=P(O)(O)O.O=P(O)(O)O.O=P(O)(O)O.O=P(O)(O)O. The molecule has 0 spiro atoms. The summed E-state index contributed by atoms with van der Waals surface area (Å²) in [5, 5.41) is 0. The monoisotopic (exact) mass is 708 g/mol. The quantitative estimate of drug-likeness (QED) is 0.0830. The van der Waals surface area contributed by atoms with E-state index in [9.17, 15) is 0 Å². The molecule has 0 heterocycles. The second kappa shape index (κ2) is 31.5. The van der Waals surface area contributed by atoms with Crippen LogP contribution in [0.1, 0.15) is 0 Å². The van der Waals surface area contributed by atoms with Crippen molar-refractivity contribution in [2.75, 3.05) is 0 Å². The lowest BCUT2D eigenvalue weighted by atomic mass is 15.8. The van der Waals surface area contributed by atoms with Crippen LogP contribution in [0.3, 0.4) is 0 Å². The fraction of sp³-hybridized carbons (Fsp3) is 0. The van der Waals surface area contributed by atoms with Crippen LogP contribution in [-0.4, -0.2) is 88.1 Å². The van der Waals surface area contributed by atoms with Crippen molar-refractivity contribution in [3.8, 4) is 0 Å².